The van der Waals surface area contributed by atoms with E-state index in [-0.39, 0.29) is 18.9 Å². The third kappa shape index (κ3) is 4.27. The van der Waals surface area contributed by atoms with Gasteiger partial charge in [-0.3, -0.25) is 4.79 Å². The monoisotopic (exact) mass is 351 g/mol. The summed E-state index contributed by atoms with van der Waals surface area (Å²) < 4.78 is 10.4. The van der Waals surface area contributed by atoms with E-state index in [1.165, 1.54) is 5.56 Å². The molecule has 0 aliphatic carbocycles. The van der Waals surface area contributed by atoms with Crippen LogP contribution >= 0.6 is 0 Å². The van der Waals surface area contributed by atoms with Crippen molar-refractivity contribution in [3.63, 3.8) is 0 Å². The number of amides is 1. The Hall–Kier alpha value is -3.15. The molecule has 6 heteroatoms. The Kier molecular flexibility index (Phi) is 5.31. The van der Waals surface area contributed by atoms with Crippen LogP contribution in [0.3, 0.4) is 0 Å². The molecular weight excluding hydrogens is 330 g/mol. The number of nitrogens with zero attached hydrogens (tertiary/aromatic N) is 2. The molecule has 0 saturated carbocycles. The third-order valence-corrected chi connectivity index (χ3v) is 4.04. The molecule has 1 N–H and O–H groups in total. The lowest BCUT2D eigenvalue weighted by Crippen LogP contribution is -2.24. The van der Waals surface area contributed by atoms with Crippen molar-refractivity contribution in [1.82, 2.24) is 15.5 Å². The van der Waals surface area contributed by atoms with Crippen LogP contribution in [-0.4, -0.2) is 23.2 Å². The highest BCUT2D eigenvalue weighted by Gasteiger charge is 2.11. The zero-order chi connectivity index (χ0) is 18.5. The summed E-state index contributed by atoms with van der Waals surface area (Å²) in [5, 5.41) is 6.76. The lowest BCUT2D eigenvalue weighted by atomic mass is 10.1. The van der Waals surface area contributed by atoms with Crippen LogP contribution in [0.4, 0.5) is 0 Å². The molecule has 1 heterocycles. The number of carbonyl (C=O) groups is 1. The van der Waals surface area contributed by atoms with Gasteiger partial charge >= 0.3 is 0 Å². The van der Waals surface area contributed by atoms with Gasteiger partial charge in [-0.15, -0.1) is 0 Å². The van der Waals surface area contributed by atoms with Crippen molar-refractivity contribution in [3.05, 3.63) is 65.0 Å². The minimum absolute atomic E-state index is 0.107. The molecule has 134 valence electrons. The summed E-state index contributed by atoms with van der Waals surface area (Å²) in [6.07, 6.45) is 0.282. The molecular formula is C20H21N3O3. The van der Waals surface area contributed by atoms with Crippen LogP contribution in [0.2, 0.25) is 0 Å². The van der Waals surface area contributed by atoms with Crippen LogP contribution in [0.25, 0.3) is 11.4 Å². The van der Waals surface area contributed by atoms with Crippen molar-refractivity contribution < 1.29 is 14.1 Å². The van der Waals surface area contributed by atoms with Crippen LogP contribution in [-0.2, 0) is 17.8 Å². The third-order valence-electron chi connectivity index (χ3n) is 4.04. The lowest BCUT2D eigenvalue weighted by Gasteiger charge is -2.07. The number of aryl methyl sites for hydroxylation is 2. The first kappa shape index (κ1) is 17.7. The average molecular weight is 351 g/mol. The number of carbonyl (C=O) groups excluding carboxylic acids is 1. The summed E-state index contributed by atoms with van der Waals surface area (Å²) in [7, 11) is 1.63. The number of hydrogen-bond donors (Lipinski definition) is 1. The topological polar surface area (TPSA) is 77.2 Å². The second kappa shape index (κ2) is 7.82. The molecule has 0 aliphatic rings. The maximum absolute atomic E-state index is 12.1. The first-order valence-corrected chi connectivity index (χ1v) is 8.35. The first-order chi connectivity index (χ1) is 12.5. The molecule has 6 nitrogen and oxygen atoms in total. The molecule has 3 rings (SSSR count). The van der Waals surface area contributed by atoms with Gasteiger partial charge in [0.1, 0.15) is 5.75 Å². The highest BCUT2D eigenvalue weighted by molar-refractivity contribution is 5.78. The quantitative estimate of drug-likeness (QED) is 0.738. The fourth-order valence-corrected chi connectivity index (χ4v) is 2.62. The van der Waals surface area contributed by atoms with Gasteiger partial charge < -0.3 is 14.6 Å². The fourth-order valence-electron chi connectivity index (χ4n) is 2.62. The Morgan fingerprint density at radius 2 is 1.92 bits per heavy atom. The number of methoxy groups -OCH3 is 1. The van der Waals surface area contributed by atoms with E-state index >= 15 is 0 Å². The Balaban J connectivity index is 1.56. The predicted molar refractivity (Wildman–Crippen MR) is 97.8 cm³/mol. The molecule has 0 bridgehead atoms. The molecule has 0 saturated heterocycles. The molecule has 0 fully saturated rings. The van der Waals surface area contributed by atoms with Gasteiger partial charge in [0.15, 0.2) is 0 Å². The van der Waals surface area contributed by atoms with Gasteiger partial charge in [0.25, 0.3) is 0 Å². The standard InChI is InChI=1S/C20H21N3O3/c1-13-4-7-16(8-5-13)20-22-19(26-23-20)12-21-18(24)11-15-6-9-17(25-3)14(2)10-15/h4-10H,11-12H2,1-3H3,(H,21,24). The van der Waals surface area contributed by atoms with Crippen molar-refractivity contribution in [2.24, 2.45) is 0 Å². The molecule has 0 spiro atoms. The van der Waals surface area contributed by atoms with E-state index in [4.69, 9.17) is 9.26 Å². The van der Waals surface area contributed by atoms with Crippen molar-refractivity contribution >= 4 is 5.91 Å². The van der Waals surface area contributed by atoms with E-state index in [1.807, 2.05) is 56.3 Å². The molecule has 0 unspecified atom stereocenters. The van der Waals surface area contributed by atoms with Gasteiger partial charge in [-0.05, 0) is 31.0 Å². The Labute approximate surface area is 152 Å². The van der Waals surface area contributed by atoms with Gasteiger partial charge in [-0.2, -0.15) is 4.98 Å². The first-order valence-electron chi connectivity index (χ1n) is 8.35. The summed E-state index contributed by atoms with van der Waals surface area (Å²) in [5.74, 6) is 1.59. The van der Waals surface area contributed by atoms with Gasteiger partial charge in [-0.25, -0.2) is 0 Å². The number of hydrogen-bond acceptors (Lipinski definition) is 5. The molecule has 26 heavy (non-hydrogen) atoms. The molecule has 0 radical (unpaired) electrons. The summed E-state index contributed by atoms with van der Waals surface area (Å²) in [6.45, 7) is 4.17. The maximum atomic E-state index is 12.1. The second-order valence-electron chi connectivity index (χ2n) is 6.14. The van der Waals surface area contributed by atoms with Crippen molar-refractivity contribution in [3.8, 4) is 17.1 Å². The van der Waals surface area contributed by atoms with E-state index in [1.54, 1.807) is 7.11 Å². The van der Waals surface area contributed by atoms with Gasteiger partial charge in [0, 0.05) is 5.56 Å². The minimum atomic E-state index is -0.107. The zero-order valence-corrected chi connectivity index (χ0v) is 15.1. The average Bonchev–Trinajstić information content (AvgIpc) is 3.10. The number of aromatic nitrogens is 2. The number of ether oxygens (including phenoxy) is 1. The molecule has 1 aromatic heterocycles. The van der Waals surface area contributed by atoms with Crippen molar-refractivity contribution in [2.45, 2.75) is 26.8 Å². The largest absolute Gasteiger partial charge is 0.496 e. The van der Waals surface area contributed by atoms with Crippen molar-refractivity contribution in [1.29, 1.82) is 0 Å². The Morgan fingerprint density at radius 3 is 2.62 bits per heavy atom. The summed E-state index contributed by atoms with van der Waals surface area (Å²) in [5.41, 5.74) is 3.97. The highest BCUT2D eigenvalue weighted by Crippen LogP contribution is 2.19. The van der Waals surface area contributed by atoms with E-state index in [2.05, 4.69) is 15.5 Å². The van der Waals surface area contributed by atoms with E-state index in [0.717, 1.165) is 22.4 Å². The van der Waals surface area contributed by atoms with Gasteiger partial charge in [0.2, 0.25) is 17.6 Å². The van der Waals surface area contributed by atoms with E-state index < -0.39 is 0 Å². The minimum Gasteiger partial charge on any atom is -0.496 e. The molecule has 0 aliphatic heterocycles. The SMILES string of the molecule is COc1ccc(CC(=O)NCc2nc(-c3ccc(C)cc3)no2)cc1C. The molecule has 0 atom stereocenters. The summed E-state index contributed by atoms with van der Waals surface area (Å²) >= 11 is 0. The zero-order valence-electron chi connectivity index (χ0n) is 15.1. The Morgan fingerprint density at radius 1 is 1.15 bits per heavy atom. The second-order valence-corrected chi connectivity index (χ2v) is 6.14. The van der Waals surface area contributed by atoms with Crippen molar-refractivity contribution in [2.75, 3.05) is 7.11 Å². The lowest BCUT2D eigenvalue weighted by molar-refractivity contribution is -0.120. The number of benzene rings is 2. The maximum Gasteiger partial charge on any atom is 0.246 e. The number of rotatable bonds is 6. The normalized spacial score (nSPS) is 10.6. The molecule has 1 amide bonds. The van der Waals surface area contributed by atoms with E-state index in [0.29, 0.717) is 11.7 Å². The highest BCUT2D eigenvalue weighted by atomic mass is 16.5. The van der Waals surface area contributed by atoms with Gasteiger partial charge in [-0.1, -0.05) is 47.1 Å². The molecule has 2 aromatic carbocycles. The summed E-state index contributed by atoms with van der Waals surface area (Å²) in [4.78, 5) is 16.5. The van der Waals surface area contributed by atoms with Crippen LogP contribution < -0.4 is 10.1 Å². The molecule has 3 aromatic rings. The van der Waals surface area contributed by atoms with Crippen LogP contribution in [0.15, 0.2) is 47.0 Å². The summed E-state index contributed by atoms with van der Waals surface area (Å²) in [6, 6.07) is 13.6. The Bertz CT molecular complexity index is 901. The van der Waals surface area contributed by atoms with E-state index in [9.17, 15) is 4.79 Å². The van der Waals surface area contributed by atoms with Crippen LogP contribution in [0, 0.1) is 13.8 Å². The van der Waals surface area contributed by atoms with Crippen LogP contribution in [0.5, 0.6) is 5.75 Å². The van der Waals surface area contributed by atoms with Gasteiger partial charge in [0.05, 0.1) is 20.1 Å². The number of nitrogens with one attached hydrogen (secondary N) is 1. The van der Waals surface area contributed by atoms with Crippen LogP contribution in [0.1, 0.15) is 22.6 Å². The fraction of sp³-hybridized carbons (Fsp3) is 0.250. The smallest absolute Gasteiger partial charge is 0.246 e. The predicted octanol–water partition coefficient (Wildman–Crippen LogP) is 3.22.